The third-order valence-corrected chi connectivity index (χ3v) is 23.4. The summed E-state index contributed by atoms with van der Waals surface area (Å²) in [5.74, 6) is 33.2. The molecule has 0 aliphatic heterocycles. The zero-order valence-corrected chi connectivity index (χ0v) is 65.7. The Hall–Kier alpha value is -8.00. The van der Waals surface area contributed by atoms with Crippen LogP contribution in [0, 0.1) is 98.7 Å². The van der Waals surface area contributed by atoms with E-state index >= 15 is 0 Å². The van der Waals surface area contributed by atoms with E-state index in [-0.39, 0.29) is 0 Å². The van der Waals surface area contributed by atoms with Gasteiger partial charge in [0.25, 0.3) is 0 Å². The molecule has 4 fully saturated rings. The summed E-state index contributed by atoms with van der Waals surface area (Å²) in [4.78, 5) is 0. The van der Waals surface area contributed by atoms with Gasteiger partial charge in [-0.2, -0.15) is 0 Å². The van der Waals surface area contributed by atoms with Gasteiger partial charge < -0.3 is 0 Å². The second-order valence-corrected chi connectivity index (χ2v) is 31.8. The molecule has 8 aromatic rings. The number of aryl methyl sites for hydroxylation is 4. The summed E-state index contributed by atoms with van der Waals surface area (Å²) in [5.41, 5.74) is 20.0. The molecule has 0 N–H and O–H groups in total. The van der Waals surface area contributed by atoms with Crippen LogP contribution < -0.4 is 0 Å². The molecule has 8 aromatic carbocycles. The summed E-state index contributed by atoms with van der Waals surface area (Å²) < 4.78 is 0. The van der Waals surface area contributed by atoms with Crippen molar-refractivity contribution in [2.45, 2.75) is 285 Å². The predicted molar refractivity (Wildman–Crippen MR) is 450 cm³/mol. The van der Waals surface area contributed by atoms with Crippen molar-refractivity contribution in [3.05, 3.63) is 283 Å². The van der Waals surface area contributed by atoms with Gasteiger partial charge in [0, 0.05) is 44.5 Å². The minimum absolute atomic E-state index is 0.761. The molecule has 544 valence electrons. The number of unbranched alkanes of at least 4 members (excludes halogenated alkanes) is 8. The first-order valence-electron chi connectivity index (χ1n) is 41.7. The molecule has 0 spiro atoms. The Morgan fingerprint density at radius 2 is 0.337 bits per heavy atom. The fraction of sp³-hybridized carbons (Fsp3) is 0.462. The topological polar surface area (TPSA) is 0 Å². The van der Waals surface area contributed by atoms with Crippen LogP contribution in [0.3, 0.4) is 0 Å². The molecule has 0 nitrogen and oxygen atoms in total. The van der Waals surface area contributed by atoms with E-state index in [1.54, 1.807) is 0 Å². The first-order chi connectivity index (χ1) is 51.0. The molecule has 4 saturated carbocycles. The van der Waals surface area contributed by atoms with Crippen molar-refractivity contribution in [3.63, 3.8) is 0 Å². The number of hydrogen-bond donors (Lipinski definition) is 0. The molecule has 0 heterocycles. The highest BCUT2D eigenvalue weighted by atomic mass is 14.3. The molecule has 0 amide bonds. The van der Waals surface area contributed by atoms with Gasteiger partial charge in [-0.1, -0.05) is 297 Å². The van der Waals surface area contributed by atoms with E-state index < -0.39 is 0 Å². The van der Waals surface area contributed by atoms with Crippen LogP contribution in [0.15, 0.2) is 194 Å². The van der Waals surface area contributed by atoms with Crippen molar-refractivity contribution >= 4 is 0 Å². The largest absolute Gasteiger partial charge is 0.0654 e. The zero-order valence-electron chi connectivity index (χ0n) is 65.7. The van der Waals surface area contributed by atoms with Gasteiger partial charge in [0.2, 0.25) is 0 Å². The predicted octanol–water partition coefficient (Wildman–Crippen LogP) is 29.0. The van der Waals surface area contributed by atoms with Gasteiger partial charge in [0.15, 0.2) is 0 Å². The first-order valence-corrected chi connectivity index (χ1v) is 41.7. The third kappa shape index (κ3) is 28.8. The van der Waals surface area contributed by atoms with Crippen LogP contribution in [0.25, 0.3) is 0 Å². The minimum Gasteiger partial charge on any atom is -0.0654 e. The van der Waals surface area contributed by atoms with E-state index in [1.807, 2.05) is 0 Å². The maximum absolute atomic E-state index is 3.30. The van der Waals surface area contributed by atoms with Crippen LogP contribution in [0.1, 0.15) is 346 Å². The van der Waals surface area contributed by atoms with Crippen LogP contribution in [-0.4, -0.2) is 0 Å². The molecule has 0 atom stereocenters. The molecular formula is C104H128. The first kappa shape index (κ1) is 80.1. The second-order valence-electron chi connectivity index (χ2n) is 31.8. The molecule has 0 bridgehead atoms. The molecule has 0 unspecified atom stereocenters. The molecule has 0 heteroatoms. The summed E-state index contributed by atoms with van der Waals surface area (Å²) >= 11 is 0. The molecule has 104 heavy (non-hydrogen) atoms. The summed E-state index contributed by atoms with van der Waals surface area (Å²) in [6, 6.07) is 69.7. The Balaban J connectivity index is 0.000000161. The Kier molecular flexibility index (Phi) is 35.0. The van der Waals surface area contributed by atoms with Gasteiger partial charge in [-0.25, -0.2) is 0 Å². The van der Waals surface area contributed by atoms with Crippen molar-refractivity contribution in [2.75, 3.05) is 0 Å². The molecule has 12 rings (SSSR count). The van der Waals surface area contributed by atoms with Gasteiger partial charge in [-0.15, -0.1) is 0 Å². The van der Waals surface area contributed by atoms with E-state index in [2.05, 4.69) is 297 Å². The zero-order chi connectivity index (χ0) is 72.8. The van der Waals surface area contributed by atoms with Gasteiger partial charge in [0.1, 0.15) is 0 Å². The average Bonchev–Trinajstić information content (AvgIpc) is 0.878. The van der Waals surface area contributed by atoms with Gasteiger partial charge in [-0.05, 0) is 297 Å². The van der Waals surface area contributed by atoms with Crippen LogP contribution in [0.2, 0.25) is 0 Å². The molecule has 4 aliphatic carbocycles. The van der Waals surface area contributed by atoms with Crippen LogP contribution in [-0.2, 0) is 0 Å². The highest BCUT2D eigenvalue weighted by Crippen LogP contribution is 2.42. The van der Waals surface area contributed by atoms with Crippen molar-refractivity contribution in [2.24, 2.45) is 23.7 Å². The number of benzene rings is 8. The summed E-state index contributed by atoms with van der Waals surface area (Å²) in [5, 5.41) is 0. The number of rotatable bonds is 20. The molecule has 0 saturated heterocycles. The van der Waals surface area contributed by atoms with Gasteiger partial charge in [-0.3, -0.25) is 0 Å². The van der Waals surface area contributed by atoms with E-state index in [0.717, 1.165) is 91.9 Å². The monoisotopic (exact) mass is 1380 g/mol. The Labute approximate surface area is 634 Å². The lowest BCUT2D eigenvalue weighted by molar-refractivity contribution is 0.303. The lowest BCUT2D eigenvalue weighted by Gasteiger charge is -2.29. The average molecular weight is 1380 g/mol. The van der Waals surface area contributed by atoms with Crippen molar-refractivity contribution in [1.82, 2.24) is 0 Å². The minimum atomic E-state index is 0.761. The lowest BCUT2D eigenvalue weighted by Crippen LogP contribution is -2.13. The second kappa shape index (κ2) is 45.4. The molecule has 0 radical (unpaired) electrons. The quantitative estimate of drug-likeness (QED) is 0.0527. The lowest BCUT2D eigenvalue weighted by atomic mass is 9.77. The van der Waals surface area contributed by atoms with Gasteiger partial charge in [0.05, 0.1) is 0 Å². The highest BCUT2D eigenvalue weighted by molar-refractivity contribution is 5.48. The fourth-order valence-corrected chi connectivity index (χ4v) is 16.3. The van der Waals surface area contributed by atoms with Crippen molar-refractivity contribution in [3.8, 4) is 47.4 Å². The molecular weight excluding hydrogens is 1250 g/mol. The number of hydrogen-bond acceptors (Lipinski definition) is 0. The molecule has 0 aromatic heterocycles. The van der Waals surface area contributed by atoms with Crippen LogP contribution in [0.4, 0.5) is 0 Å². The summed E-state index contributed by atoms with van der Waals surface area (Å²) in [6.45, 7) is 17.6. The van der Waals surface area contributed by atoms with Crippen LogP contribution >= 0.6 is 0 Å². The van der Waals surface area contributed by atoms with Crippen LogP contribution in [0.5, 0.6) is 0 Å². The standard InChI is InChI=1S/4C26H32/c4*1-3-4-5-6-22-13-17-25(18-14-22)26-19-15-24(16-20-26)12-11-23-9-7-21(2)8-10-23/h4*7-10,15-16,19-20,22,25H,3-6,13-14,17-18H2,1-2H3. The fourth-order valence-electron chi connectivity index (χ4n) is 16.3. The smallest absolute Gasteiger partial charge is 0.0249 e. The molecule has 4 aliphatic rings. The van der Waals surface area contributed by atoms with Crippen molar-refractivity contribution in [1.29, 1.82) is 0 Å². The Morgan fingerprint density at radius 1 is 0.192 bits per heavy atom. The van der Waals surface area contributed by atoms with E-state index in [1.165, 1.54) is 250 Å². The van der Waals surface area contributed by atoms with E-state index in [4.69, 9.17) is 0 Å². The normalized spacial score (nSPS) is 19.6. The highest BCUT2D eigenvalue weighted by Gasteiger charge is 2.26. The maximum atomic E-state index is 3.30. The van der Waals surface area contributed by atoms with Gasteiger partial charge >= 0.3 is 0 Å². The summed E-state index contributed by atoms with van der Waals surface area (Å²) in [6.07, 6.45) is 44.8. The van der Waals surface area contributed by atoms with E-state index in [9.17, 15) is 0 Å². The summed E-state index contributed by atoms with van der Waals surface area (Å²) in [7, 11) is 0. The Morgan fingerprint density at radius 3 is 0.481 bits per heavy atom. The third-order valence-electron chi connectivity index (χ3n) is 23.4. The SMILES string of the molecule is CCCCCC1CCC(c2ccc(C#Cc3ccc(C)cc3)cc2)CC1.CCCCCC1CCC(c2ccc(C#Cc3ccc(C)cc3)cc2)CC1.CCCCCC1CCC(c2ccc(C#Cc3ccc(C)cc3)cc2)CC1.CCCCCC1CCC(c2ccc(C#Cc3ccc(C)cc3)cc2)CC1. The maximum Gasteiger partial charge on any atom is 0.0249 e. The van der Waals surface area contributed by atoms with E-state index in [0.29, 0.717) is 0 Å². The Bertz CT molecular complexity index is 3400. The van der Waals surface area contributed by atoms with Crippen molar-refractivity contribution < 1.29 is 0 Å².